The molecule has 0 aliphatic rings. The van der Waals surface area contributed by atoms with Crippen molar-refractivity contribution in [3.05, 3.63) is 30.1 Å². The van der Waals surface area contributed by atoms with Gasteiger partial charge in [-0.3, -0.25) is 9.78 Å². The number of hydrogen-bond acceptors (Lipinski definition) is 3. The van der Waals surface area contributed by atoms with Crippen molar-refractivity contribution in [3.63, 3.8) is 0 Å². The Kier molecular flexibility index (Phi) is 5.63. The summed E-state index contributed by atoms with van der Waals surface area (Å²) in [7, 11) is 0. The Morgan fingerprint density at radius 1 is 1.44 bits per heavy atom. The van der Waals surface area contributed by atoms with Crippen LogP contribution in [0.3, 0.4) is 0 Å². The number of nitrogens with one attached hydrogen (secondary N) is 2. The molecule has 18 heavy (non-hydrogen) atoms. The van der Waals surface area contributed by atoms with Crippen LogP contribution in [0.2, 0.25) is 0 Å². The van der Waals surface area contributed by atoms with E-state index in [2.05, 4.69) is 15.6 Å². The van der Waals surface area contributed by atoms with Gasteiger partial charge in [-0.05, 0) is 18.1 Å². The first-order valence-corrected chi connectivity index (χ1v) is 5.73. The Morgan fingerprint density at radius 3 is 2.83 bits per heavy atom. The number of carboxylic acid groups (broad SMARTS) is 1. The Morgan fingerprint density at radius 2 is 2.22 bits per heavy atom. The molecule has 3 N–H and O–H groups in total. The molecule has 0 aliphatic carbocycles. The highest BCUT2D eigenvalue weighted by molar-refractivity contribution is 5.74. The minimum Gasteiger partial charge on any atom is -0.481 e. The van der Waals surface area contributed by atoms with Crippen molar-refractivity contribution in [1.82, 2.24) is 15.6 Å². The number of rotatable bonds is 6. The van der Waals surface area contributed by atoms with Crippen LogP contribution in [0.1, 0.15) is 18.9 Å². The van der Waals surface area contributed by atoms with Crippen LogP contribution in [0, 0.1) is 5.92 Å². The average molecular weight is 251 g/mol. The molecule has 0 aromatic carbocycles. The summed E-state index contributed by atoms with van der Waals surface area (Å²) in [6.07, 6.45) is 3.75. The number of hydrogen-bond donors (Lipinski definition) is 3. The summed E-state index contributed by atoms with van der Waals surface area (Å²) in [6, 6.07) is 3.35. The number of carboxylic acids is 1. The summed E-state index contributed by atoms with van der Waals surface area (Å²) in [5.74, 6) is -1.31. The van der Waals surface area contributed by atoms with Crippen molar-refractivity contribution in [2.45, 2.75) is 19.9 Å². The van der Waals surface area contributed by atoms with E-state index in [9.17, 15) is 9.59 Å². The first-order valence-electron chi connectivity index (χ1n) is 5.73. The minimum atomic E-state index is -0.854. The molecule has 0 bridgehead atoms. The summed E-state index contributed by atoms with van der Waals surface area (Å²) in [4.78, 5) is 25.9. The van der Waals surface area contributed by atoms with Crippen LogP contribution < -0.4 is 10.6 Å². The normalized spacial score (nSPS) is 11.6. The standard InChI is InChI=1S/C12H17N3O3/c1-9(11(16)17)4-6-14-12(18)15-8-10-3-2-5-13-7-10/h2-3,5,7,9H,4,6,8H2,1H3,(H,16,17)(H2,14,15,18). The first kappa shape index (κ1) is 14.0. The fourth-order valence-corrected chi connectivity index (χ4v) is 1.27. The fraction of sp³-hybridized carbons (Fsp3) is 0.417. The highest BCUT2D eigenvalue weighted by Gasteiger charge is 2.10. The highest BCUT2D eigenvalue weighted by atomic mass is 16.4. The molecule has 98 valence electrons. The lowest BCUT2D eigenvalue weighted by Crippen LogP contribution is -2.36. The van der Waals surface area contributed by atoms with Crippen molar-refractivity contribution in [2.75, 3.05) is 6.54 Å². The van der Waals surface area contributed by atoms with Crippen LogP contribution in [0.25, 0.3) is 0 Å². The average Bonchev–Trinajstić information content (AvgIpc) is 2.37. The van der Waals surface area contributed by atoms with E-state index in [-0.39, 0.29) is 6.03 Å². The van der Waals surface area contributed by atoms with Gasteiger partial charge in [-0.2, -0.15) is 0 Å². The predicted molar refractivity (Wildman–Crippen MR) is 65.9 cm³/mol. The van der Waals surface area contributed by atoms with Crippen molar-refractivity contribution >= 4 is 12.0 Å². The van der Waals surface area contributed by atoms with E-state index in [1.54, 1.807) is 25.4 Å². The van der Waals surface area contributed by atoms with Crippen LogP contribution >= 0.6 is 0 Å². The lowest BCUT2D eigenvalue weighted by atomic mass is 10.1. The van der Waals surface area contributed by atoms with Gasteiger partial charge in [-0.15, -0.1) is 0 Å². The SMILES string of the molecule is CC(CCNC(=O)NCc1cccnc1)C(=O)O. The molecule has 1 atom stereocenters. The lowest BCUT2D eigenvalue weighted by molar-refractivity contribution is -0.141. The van der Waals surface area contributed by atoms with Gasteiger partial charge in [0.25, 0.3) is 0 Å². The smallest absolute Gasteiger partial charge is 0.315 e. The quantitative estimate of drug-likeness (QED) is 0.703. The number of nitrogens with zero attached hydrogens (tertiary/aromatic N) is 1. The van der Waals surface area contributed by atoms with Crippen LogP contribution in [0.4, 0.5) is 4.79 Å². The topological polar surface area (TPSA) is 91.3 Å². The summed E-state index contributed by atoms with van der Waals surface area (Å²) in [6.45, 7) is 2.35. The molecule has 0 saturated heterocycles. The van der Waals surface area contributed by atoms with Crippen LogP contribution in [-0.2, 0) is 11.3 Å². The maximum absolute atomic E-state index is 11.4. The molecule has 1 rings (SSSR count). The van der Waals surface area contributed by atoms with Crippen LogP contribution in [0.15, 0.2) is 24.5 Å². The maximum atomic E-state index is 11.4. The third kappa shape index (κ3) is 5.29. The van der Waals surface area contributed by atoms with Crippen molar-refractivity contribution in [1.29, 1.82) is 0 Å². The zero-order valence-corrected chi connectivity index (χ0v) is 10.2. The number of carbonyl (C=O) groups is 2. The zero-order valence-electron chi connectivity index (χ0n) is 10.2. The Labute approximate surface area is 105 Å². The van der Waals surface area contributed by atoms with E-state index in [1.807, 2.05) is 6.07 Å². The molecule has 6 heteroatoms. The molecule has 6 nitrogen and oxygen atoms in total. The van der Waals surface area contributed by atoms with E-state index in [0.29, 0.717) is 19.5 Å². The third-order valence-electron chi connectivity index (χ3n) is 2.46. The second-order valence-electron chi connectivity index (χ2n) is 4.00. The second-order valence-corrected chi connectivity index (χ2v) is 4.00. The molecule has 1 unspecified atom stereocenters. The van der Waals surface area contributed by atoms with Gasteiger partial charge in [0.1, 0.15) is 0 Å². The molecule has 0 fully saturated rings. The van der Waals surface area contributed by atoms with Gasteiger partial charge in [0.2, 0.25) is 0 Å². The van der Waals surface area contributed by atoms with E-state index in [0.717, 1.165) is 5.56 Å². The van der Waals surface area contributed by atoms with Gasteiger partial charge in [-0.25, -0.2) is 4.79 Å². The number of urea groups is 1. The summed E-state index contributed by atoms with van der Waals surface area (Å²) >= 11 is 0. The molecule has 2 amide bonds. The van der Waals surface area contributed by atoms with E-state index >= 15 is 0 Å². The lowest BCUT2D eigenvalue weighted by Gasteiger charge is -2.09. The molecule has 0 aliphatic heterocycles. The Bertz CT molecular complexity index is 395. The fourth-order valence-electron chi connectivity index (χ4n) is 1.27. The molecule has 0 radical (unpaired) electrons. The molecular weight excluding hydrogens is 234 g/mol. The number of aromatic nitrogens is 1. The van der Waals surface area contributed by atoms with Crippen LogP contribution in [0.5, 0.6) is 0 Å². The number of aliphatic carboxylic acids is 1. The second kappa shape index (κ2) is 7.26. The summed E-state index contributed by atoms with van der Waals surface area (Å²) in [5.41, 5.74) is 0.909. The van der Waals surface area contributed by atoms with Crippen LogP contribution in [-0.4, -0.2) is 28.6 Å². The van der Waals surface area contributed by atoms with Gasteiger partial charge in [0.05, 0.1) is 5.92 Å². The zero-order chi connectivity index (χ0) is 13.4. The highest BCUT2D eigenvalue weighted by Crippen LogP contribution is 1.99. The summed E-state index contributed by atoms with van der Waals surface area (Å²) < 4.78 is 0. The molecule has 1 aromatic heterocycles. The number of amides is 2. The van der Waals surface area contributed by atoms with E-state index in [4.69, 9.17) is 5.11 Å². The van der Waals surface area contributed by atoms with Gasteiger partial charge in [0, 0.05) is 25.5 Å². The van der Waals surface area contributed by atoms with Crippen molar-refractivity contribution in [2.24, 2.45) is 5.92 Å². The van der Waals surface area contributed by atoms with Gasteiger partial charge in [0.15, 0.2) is 0 Å². The van der Waals surface area contributed by atoms with E-state index < -0.39 is 11.9 Å². The maximum Gasteiger partial charge on any atom is 0.315 e. The van der Waals surface area contributed by atoms with Gasteiger partial charge < -0.3 is 15.7 Å². The number of carbonyl (C=O) groups excluding carboxylic acids is 1. The predicted octanol–water partition coefficient (Wildman–Crippen LogP) is 0.992. The molecule has 0 spiro atoms. The monoisotopic (exact) mass is 251 g/mol. The molecular formula is C12H17N3O3. The molecule has 1 aromatic rings. The molecule has 0 saturated carbocycles. The van der Waals surface area contributed by atoms with Gasteiger partial charge in [-0.1, -0.05) is 13.0 Å². The minimum absolute atomic E-state index is 0.309. The molecule has 1 heterocycles. The Balaban J connectivity index is 2.17. The Hall–Kier alpha value is -2.11. The first-order chi connectivity index (χ1) is 8.59. The van der Waals surface area contributed by atoms with Crippen molar-refractivity contribution < 1.29 is 14.7 Å². The van der Waals surface area contributed by atoms with Gasteiger partial charge >= 0.3 is 12.0 Å². The van der Waals surface area contributed by atoms with E-state index in [1.165, 1.54) is 0 Å². The largest absolute Gasteiger partial charge is 0.481 e. The number of pyridine rings is 1. The van der Waals surface area contributed by atoms with Crippen molar-refractivity contribution in [3.8, 4) is 0 Å². The summed E-state index contributed by atoms with van der Waals surface area (Å²) in [5, 5.41) is 13.9. The third-order valence-corrected chi connectivity index (χ3v) is 2.46.